The topological polar surface area (TPSA) is 127 Å². The summed E-state index contributed by atoms with van der Waals surface area (Å²) in [6.07, 6.45) is 6.08. The van der Waals surface area contributed by atoms with E-state index in [9.17, 15) is 4.79 Å². The Balaban J connectivity index is 1.39. The minimum absolute atomic E-state index is 0.0182. The lowest BCUT2D eigenvalue weighted by atomic mass is 9.96. The Morgan fingerprint density at radius 3 is 2.73 bits per heavy atom. The van der Waals surface area contributed by atoms with E-state index in [4.69, 9.17) is 9.40 Å². The van der Waals surface area contributed by atoms with Crippen molar-refractivity contribution < 1.29 is 9.21 Å². The van der Waals surface area contributed by atoms with Crippen LogP contribution in [0.15, 0.2) is 47.3 Å². The zero-order chi connectivity index (χ0) is 26.2. The highest BCUT2D eigenvalue weighted by atomic mass is 16.4. The van der Waals surface area contributed by atoms with E-state index in [2.05, 4.69) is 55.0 Å². The summed E-state index contributed by atoms with van der Waals surface area (Å²) in [5.41, 5.74) is 4.47. The van der Waals surface area contributed by atoms with Gasteiger partial charge in [0.1, 0.15) is 0 Å². The fraction of sp³-hybridized carbons (Fsp3) is 0.385. The van der Waals surface area contributed by atoms with E-state index in [0.717, 1.165) is 47.6 Å². The second kappa shape index (κ2) is 9.74. The summed E-state index contributed by atoms with van der Waals surface area (Å²) in [4.78, 5) is 24.3. The average Bonchev–Trinajstić information content (AvgIpc) is 3.48. The smallest absolute Gasteiger partial charge is 0.309 e. The largest absolute Gasteiger partial charge is 0.416 e. The van der Waals surface area contributed by atoms with Crippen LogP contribution in [0.25, 0.3) is 11.3 Å². The molecule has 0 fully saturated rings. The number of benzene rings is 1. The number of anilines is 2. The van der Waals surface area contributed by atoms with E-state index >= 15 is 0 Å². The van der Waals surface area contributed by atoms with Crippen LogP contribution in [0.5, 0.6) is 0 Å². The third-order valence-corrected chi connectivity index (χ3v) is 6.24. The zero-order valence-corrected chi connectivity index (χ0v) is 21.7. The van der Waals surface area contributed by atoms with Gasteiger partial charge < -0.3 is 20.0 Å². The number of carbonyl (C=O) groups excluding carboxylic acids is 1. The van der Waals surface area contributed by atoms with Crippen molar-refractivity contribution in [2.75, 3.05) is 18.9 Å². The van der Waals surface area contributed by atoms with Gasteiger partial charge in [0, 0.05) is 43.5 Å². The molecule has 37 heavy (non-hydrogen) atoms. The van der Waals surface area contributed by atoms with Crippen molar-refractivity contribution in [2.45, 2.75) is 45.2 Å². The monoisotopic (exact) mass is 501 g/mol. The summed E-state index contributed by atoms with van der Waals surface area (Å²) in [7, 11) is 3.94. The number of nitrogens with zero attached hydrogens (tertiary/aromatic N) is 7. The van der Waals surface area contributed by atoms with Crippen molar-refractivity contribution >= 4 is 17.5 Å². The lowest BCUT2D eigenvalue weighted by molar-refractivity contribution is 0.0895. The predicted octanol–water partition coefficient (Wildman–Crippen LogP) is 3.61. The number of aromatic nitrogens is 6. The standard InChI is InChI=1S/C26H31N9O2/c1-26(2,3)24-33-32-23(37-24)22(36)30-21-9-11-34(4)14-17-12-16(6-7-19(17)21)20-8-10-27-25(31-20)29-18-13-28-35(5)15-18/h6-8,10,12-13,15,21H,9,11,14H2,1-5H3,(H,30,36)(H,27,29,31)/t21-/m1/s1. The Morgan fingerprint density at radius 2 is 2.00 bits per heavy atom. The molecule has 0 radical (unpaired) electrons. The van der Waals surface area contributed by atoms with Gasteiger partial charge in [0.15, 0.2) is 0 Å². The lowest BCUT2D eigenvalue weighted by Gasteiger charge is -2.19. The molecule has 0 bridgehead atoms. The van der Waals surface area contributed by atoms with Gasteiger partial charge >= 0.3 is 11.8 Å². The van der Waals surface area contributed by atoms with Crippen molar-refractivity contribution in [2.24, 2.45) is 7.05 Å². The molecule has 1 aliphatic heterocycles. The van der Waals surface area contributed by atoms with Gasteiger partial charge in [-0.15, -0.1) is 10.2 Å². The molecule has 0 saturated heterocycles. The Labute approximate surface area is 215 Å². The van der Waals surface area contributed by atoms with Gasteiger partial charge in [0.25, 0.3) is 0 Å². The van der Waals surface area contributed by atoms with Gasteiger partial charge in [-0.2, -0.15) is 5.10 Å². The molecule has 1 atom stereocenters. The number of carbonyl (C=O) groups is 1. The molecule has 4 aromatic rings. The molecule has 3 aromatic heterocycles. The zero-order valence-electron chi connectivity index (χ0n) is 21.7. The van der Waals surface area contributed by atoms with Gasteiger partial charge in [0.2, 0.25) is 11.8 Å². The fourth-order valence-electron chi connectivity index (χ4n) is 4.30. The van der Waals surface area contributed by atoms with Crippen molar-refractivity contribution in [1.29, 1.82) is 0 Å². The molecule has 192 valence electrons. The Kier molecular flexibility index (Phi) is 6.46. The molecule has 11 nitrogen and oxygen atoms in total. The first-order valence-corrected chi connectivity index (χ1v) is 12.2. The predicted molar refractivity (Wildman–Crippen MR) is 138 cm³/mol. The number of hydrogen-bond donors (Lipinski definition) is 2. The highest BCUT2D eigenvalue weighted by Crippen LogP contribution is 2.31. The van der Waals surface area contributed by atoms with Crippen LogP contribution in [0, 0.1) is 0 Å². The normalized spacial score (nSPS) is 16.2. The van der Waals surface area contributed by atoms with E-state index in [0.29, 0.717) is 11.8 Å². The molecule has 1 aliphatic rings. The summed E-state index contributed by atoms with van der Waals surface area (Å²) in [5.74, 6) is 0.548. The van der Waals surface area contributed by atoms with Crippen LogP contribution in [-0.2, 0) is 19.0 Å². The Hall–Kier alpha value is -4.12. The number of rotatable bonds is 5. The maximum atomic E-state index is 13.0. The quantitative estimate of drug-likeness (QED) is 0.421. The van der Waals surface area contributed by atoms with E-state index < -0.39 is 0 Å². The maximum absolute atomic E-state index is 13.0. The summed E-state index contributed by atoms with van der Waals surface area (Å²) in [6.45, 7) is 7.49. The van der Waals surface area contributed by atoms with Gasteiger partial charge in [0.05, 0.1) is 23.6 Å². The van der Waals surface area contributed by atoms with Crippen LogP contribution in [-0.4, -0.2) is 54.3 Å². The van der Waals surface area contributed by atoms with Gasteiger partial charge in [-0.1, -0.05) is 32.9 Å². The Bertz CT molecular complexity index is 1420. The first kappa shape index (κ1) is 24.6. The number of aryl methyl sites for hydroxylation is 1. The molecule has 4 heterocycles. The summed E-state index contributed by atoms with van der Waals surface area (Å²) < 4.78 is 7.37. The van der Waals surface area contributed by atoms with Gasteiger partial charge in [-0.05, 0) is 36.7 Å². The van der Waals surface area contributed by atoms with E-state index in [-0.39, 0.29) is 23.3 Å². The van der Waals surface area contributed by atoms with E-state index in [1.54, 1.807) is 17.1 Å². The van der Waals surface area contributed by atoms with E-state index in [1.165, 1.54) is 0 Å². The average molecular weight is 502 g/mol. The number of amides is 1. The first-order chi connectivity index (χ1) is 17.7. The molecule has 2 N–H and O–H groups in total. The minimum Gasteiger partial charge on any atom is -0.416 e. The lowest BCUT2D eigenvalue weighted by Crippen LogP contribution is -2.30. The molecule has 1 aromatic carbocycles. The van der Waals surface area contributed by atoms with Gasteiger partial charge in [-0.3, -0.25) is 9.48 Å². The van der Waals surface area contributed by atoms with E-state index in [1.807, 2.05) is 46.1 Å². The van der Waals surface area contributed by atoms with Crippen LogP contribution in [0.2, 0.25) is 0 Å². The molecule has 1 amide bonds. The summed E-state index contributed by atoms with van der Waals surface area (Å²) >= 11 is 0. The van der Waals surface area contributed by atoms with Gasteiger partial charge in [-0.25, -0.2) is 9.97 Å². The minimum atomic E-state index is -0.366. The van der Waals surface area contributed by atoms with Crippen LogP contribution in [0.3, 0.4) is 0 Å². The highest BCUT2D eigenvalue weighted by molar-refractivity contribution is 5.89. The molecule has 0 aliphatic carbocycles. The molecule has 0 spiro atoms. The van der Waals surface area contributed by atoms with Crippen LogP contribution >= 0.6 is 0 Å². The summed E-state index contributed by atoms with van der Waals surface area (Å²) in [6, 6.07) is 7.94. The number of hydrogen-bond acceptors (Lipinski definition) is 9. The van der Waals surface area contributed by atoms with Crippen LogP contribution < -0.4 is 10.6 Å². The first-order valence-electron chi connectivity index (χ1n) is 12.2. The third kappa shape index (κ3) is 5.51. The summed E-state index contributed by atoms with van der Waals surface area (Å²) in [5, 5.41) is 18.5. The van der Waals surface area contributed by atoms with Crippen molar-refractivity contribution in [1.82, 2.24) is 40.2 Å². The molecule has 0 unspecified atom stereocenters. The molecular formula is C26H31N9O2. The molecular weight excluding hydrogens is 470 g/mol. The SMILES string of the molecule is CN1CC[C@@H](NC(=O)c2nnc(C(C)(C)C)o2)c2ccc(-c3ccnc(Nc4cnn(C)c4)n3)cc2C1. The molecule has 5 rings (SSSR count). The number of nitrogens with one attached hydrogen (secondary N) is 2. The molecule has 11 heteroatoms. The maximum Gasteiger partial charge on any atom is 0.309 e. The van der Waals surface area contributed by atoms with Crippen molar-refractivity contribution in [3.63, 3.8) is 0 Å². The second-order valence-corrected chi connectivity index (χ2v) is 10.4. The third-order valence-electron chi connectivity index (χ3n) is 6.24. The van der Waals surface area contributed by atoms with Crippen molar-refractivity contribution in [3.05, 3.63) is 65.8 Å². The van der Waals surface area contributed by atoms with Crippen LogP contribution in [0.1, 0.15) is 60.9 Å². The second-order valence-electron chi connectivity index (χ2n) is 10.4. The van der Waals surface area contributed by atoms with Crippen LogP contribution in [0.4, 0.5) is 11.6 Å². The molecule has 0 saturated carbocycles. The Morgan fingerprint density at radius 1 is 1.16 bits per heavy atom. The van der Waals surface area contributed by atoms with Crippen molar-refractivity contribution in [3.8, 4) is 11.3 Å². The fourth-order valence-corrected chi connectivity index (χ4v) is 4.30. The number of fused-ring (bicyclic) bond motifs is 1. The highest BCUT2D eigenvalue weighted by Gasteiger charge is 2.28.